The molecule has 0 aromatic heterocycles. The van der Waals surface area contributed by atoms with E-state index < -0.39 is 5.97 Å². The highest BCUT2D eigenvalue weighted by molar-refractivity contribution is 5.96. The Labute approximate surface area is 157 Å². The summed E-state index contributed by atoms with van der Waals surface area (Å²) in [5.74, 6) is -0.913. The number of hydrogen-bond donors (Lipinski definition) is 2. The van der Waals surface area contributed by atoms with Crippen LogP contribution in [0.1, 0.15) is 33.2 Å². The lowest BCUT2D eigenvalue weighted by Gasteiger charge is -2.17. The number of rotatable bonds is 8. The highest BCUT2D eigenvalue weighted by Gasteiger charge is 2.13. The smallest absolute Gasteiger partial charge is 0.335 e. The summed E-state index contributed by atoms with van der Waals surface area (Å²) in [5, 5.41) is 11.5. The highest BCUT2D eigenvalue weighted by Crippen LogP contribution is 2.12. The summed E-state index contributed by atoms with van der Waals surface area (Å²) in [6.07, 6.45) is 0. The van der Waals surface area contributed by atoms with E-state index in [-0.39, 0.29) is 23.9 Å². The van der Waals surface area contributed by atoms with Gasteiger partial charge in [-0.3, -0.25) is 9.59 Å². The molecule has 0 radical (unpaired) electrons. The van der Waals surface area contributed by atoms with Crippen molar-refractivity contribution in [2.24, 2.45) is 0 Å². The summed E-state index contributed by atoms with van der Waals surface area (Å²) in [4.78, 5) is 36.6. The number of carboxylic acid groups (broad SMARTS) is 1. The Morgan fingerprint density at radius 1 is 1.00 bits per heavy atom. The fourth-order valence-corrected chi connectivity index (χ4v) is 2.38. The van der Waals surface area contributed by atoms with Crippen molar-refractivity contribution in [3.05, 3.63) is 65.2 Å². The van der Waals surface area contributed by atoms with Crippen molar-refractivity contribution in [2.75, 3.05) is 20.2 Å². The summed E-state index contributed by atoms with van der Waals surface area (Å²) in [5.41, 5.74) is 1.43. The number of hydrogen-bond acceptors (Lipinski definition) is 4. The largest absolute Gasteiger partial charge is 0.494 e. The van der Waals surface area contributed by atoms with Gasteiger partial charge in [0, 0.05) is 19.2 Å². The van der Waals surface area contributed by atoms with Crippen LogP contribution in [0.2, 0.25) is 0 Å². The number of benzene rings is 2. The van der Waals surface area contributed by atoms with E-state index in [2.05, 4.69) is 5.32 Å². The van der Waals surface area contributed by atoms with Crippen LogP contribution < -0.4 is 10.1 Å². The average molecular weight is 370 g/mol. The molecule has 0 bridgehead atoms. The molecule has 2 aromatic rings. The van der Waals surface area contributed by atoms with Gasteiger partial charge in [0.05, 0.1) is 18.7 Å². The summed E-state index contributed by atoms with van der Waals surface area (Å²) < 4.78 is 5.32. The van der Waals surface area contributed by atoms with Crippen molar-refractivity contribution in [3.8, 4) is 5.75 Å². The van der Waals surface area contributed by atoms with E-state index in [0.717, 1.165) is 5.56 Å². The Morgan fingerprint density at radius 2 is 1.59 bits per heavy atom. The normalized spacial score (nSPS) is 10.1. The number of carbonyl (C=O) groups is 3. The maximum Gasteiger partial charge on any atom is 0.335 e. The standard InChI is InChI=1S/C20H22N2O5/c1-3-27-17-10-8-15(9-11-17)19(24)21-12-18(23)22(2)13-14-4-6-16(7-5-14)20(25)26/h4-11H,3,12-13H2,1-2H3,(H,21,24)(H,25,26). The number of nitrogens with zero attached hydrogens (tertiary/aromatic N) is 1. The first-order valence-electron chi connectivity index (χ1n) is 8.48. The number of carbonyl (C=O) groups excluding carboxylic acids is 2. The number of aromatic carboxylic acids is 1. The molecule has 0 saturated heterocycles. The van der Waals surface area contributed by atoms with Crippen molar-refractivity contribution in [1.29, 1.82) is 0 Å². The first-order chi connectivity index (χ1) is 12.9. The summed E-state index contributed by atoms with van der Waals surface area (Å²) >= 11 is 0. The maximum atomic E-state index is 12.2. The van der Waals surface area contributed by atoms with Gasteiger partial charge in [0.25, 0.3) is 5.91 Å². The van der Waals surface area contributed by atoms with Gasteiger partial charge in [-0.05, 0) is 48.9 Å². The number of likely N-dealkylation sites (N-methyl/N-ethyl adjacent to an activating group) is 1. The summed E-state index contributed by atoms with van der Waals surface area (Å²) in [6.45, 7) is 2.61. The third-order valence-corrected chi connectivity index (χ3v) is 3.87. The molecule has 7 nitrogen and oxygen atoms in total. The Bertz CT molecular complexity index is 800. The molecule has 7 heteroatoms. The fourth-order valence-electron chi connectivity index (χ4n) is 2.38. The van der Waals surface area contributed by atoms with Crippen LogP contribution in [0.15, 0.2) is 48.5 Å². The van der Waals surface area contributed by atoms with Crippen molar-refractivity contribution in [1.82, 2.24) is 10.2 Å². The molecule has 0 spiro atoms. The summed E-state index contributed by atoms with van der Waals surface area (Å²) in [7, 11) is 1.62. The van der Waals surface area contributed by atoms with Gasteiger partial charge >= 0.3 is 5.97 Å². The molecule has 0 saturated carbocycles. The van der Waals surface area contributed by atoms with Gasteiger partial charge in [0.2, 0.25) is 5.91 Å². The van der Waals surface area contributed by atoms with E-state index in [4.69, 9.17) is 9.84 Å². The molecule has 142 valence electrons. The molecule has 0 unspecified atom stereocenters. The van der Waals surface area contributed by atoms with Crippen LogP contribution in [-0.4, -0.2) is 48.0 Å². The Balaban J connectivity index is 1.84. The minimum Gasteiger partial charge on any atom is -0.494 e. The molecule has 0 aliphatic rings. The zero-order valence-electron chi connectivity index (χ0n) is 15.3. The average Bonchev–Trinajstić information content (AvgIpc) is 2.67. The van der Waals surface area contributed by atoms with Gasteiger partial charge in [0.15, 0.2) is 0 Å². The molecular formula is C20H22N2O5. The van der Waals surface area contributed by atoms with Crippen LogP contribution in [0.4, 0.5) is 0 Å². The van der Waals surface area contributed by atoms with Crippen molar-refractivity contribution < 1.29 is 24.2 Å². The van der Waals surface area contributed by atoms with Gasteiger partial charge in [-0.25, -0.2) is 4.79 Å². The van der Waals surface area contributed by atoms with Crippen molar-refractivity contribution in [2.45, 2.75) is 13.5 Å². The lowest BCUT2D eigenvalue weighted by atomic mass is 10.1. The molecule has 2 amide bonds. The van der Waals surface area contributed by atoms with Crippen LogP contribution in [0.3, 0.4) is 0 Å². The third kappa shape index (κ3) is 5.85. The van der Waals surface area contributed by atoms with E-state index >= 15 is 0 Å². The Kier molecular flexibility index (Phi) is 6.93. The first-order valence-corrected chi connectivity index (χ1v) is 8.48. The second kappa shape index (κ2) is 9.38. The molecule has 0 aliphatic carbocycles. The van der Waals surface area contributed by atoms with Crippen LogP contribution in [0.5, 0.6) is 5.75 Å². The topological polar surface area (TPSA) is 95.9 Å². The Hall–Kier alpha value is -3.35. The molecule has 27 heavy (non-hydrogen) atoms. The zero-order valence-corrected chi connectivity index (χ0v) is 15.3. The first kappa shape index (κ1) is 20.0. The van der Waals surface area contributed by atoms with E-state index in [1.165, 1.54) is 17.0 Å². The number of nitrogens with one attached hydrogen (secondary N) is 1. The third-order valence-electron chi connectivity index (χ3n) is 3.87. The second-order valence-corrected chi connectivity index (χ2v) is 5.89. The lowest BCUT2D eigenvalue weighted by Crippen LogP contribution is -2.37. The monoisotopic (exact) mass is 370 g/mol. The minimum atomic E-state index is -0.997. The molecule has 0 atom stereocenters. The molecule has 0 fully saturated rings. The quantitative estimate of drug-likeness (QED) is 0.742. The summed E-state index contributed by atoms with van der Waals surface area (Å²) in [6, 6.07) is 13.0. The molecule has 0 heterocycles. The molecular weight excluding hydrogens is 348 g/mol. The second-order valence-electron chi connectivity index (χ2n) is 5.89. The Morgan fingerprint density at radius 3 is 2.15 bits per heavy atom. The van der Waals surface area contributed by atoms with E-state index in [1.807, 2.05) is 6.92 Å². The van der Waals surface area contributed by atoms with Crippen LogP contribution >= 0.6 is 0 Å². The van der Waals surface area contributed by atoms with Crippen molar-refractivity contribution >= 4 is 17.8 Å². The van der Waals surface area contributed by atoms with Crippen molar-refractivity contribution in [3.63, 3.8) is 0 Å². The number of amides is 2. The fraction of sp³-hybridized carbons (Fsp3) is 0.250. The number of ether oxygens (including phenoxy) is 1. The zero-order chi connectivity index (χ0) is 19.8. The van der Waals surface area contributed by atoms with Crippen LogP contribution in [0, 0.1) is 0 Å². The predicted molar refractivity (Wildman–Crippen MR) is 99.8 cm³/mol. The van der Waals surface area contributed by atoms with E-state index in [1.54, 1.807) is 43.4 Å². The maximum absolute atomic E-state index is 12.2. The molecule has 2 rings (SSSR count). The van der Waals surface area contributed by atoms with E-state index in [0.29, 0.717) is 24.5 Å². The lowest BCUT2D eigenvalue weighted by molar-refractivity contribution is -0.129. The van der Waals surface area contributed by atoms with Gasteiger partial charge in [-0.15, -0.1) is 0 Å². The van der Waals surface area contributed by atoms with Gasteiger partial charge in [-0.2, -0.15) is 0 Å². The van der Waals surface area contributed by atoms with Gasteiger partial charge < -0.3 is 20.1 Å². The molecule has 0 aliphatic heterocycles. The van der Waals surface area contributed by atoms with Gasteiger partial charge in [-0.1, -0.05) is 12.1 Å². The van der Waals surface area contributed by atoms with Gasteiger partial charge in [0.1, 0.15) is 5.75 Å². The van der Waals surface area contributed by atoms with Crippen LogP contribution in [-0.2, 0) is 11.3 Å². The molecule has 2 N–H and O–H groups in total. The highest BCUT2D eigenvalue weighted by atomic mass is 16.5. The number of carboxylic acids is 1. The molecule has 2 aromatic carbocycles. The SMILES string of the molecule is CCOc1ccc(C(=O)NCC(=O)N(C)Cc2ccc(C(=O)O)cc2)cc1. The minimum absolute atomic E-state index is 0.129. The van der Waals surface area contributed by atoms with E-state index in [9.17, 15) is 14.4 Å². The predicted octanol–water partition coefficient (Wildman–Crippen LogP) is 2.17. The van der Waals surface area contributed by atoms with Crippen LogP contribution in [0.25, 0.3) is 0 Å².